The molecule has 0 radical (unpaired) electrons. The van der Waals surface area contributed by atoms with Crippen LogP contribution in [0.4, 0.5) is 4.39 Å². The molecule has 1 aliphatic rings. The third kappa shape index (κ3) is 3.63. The molecule has 8 heteroatoms. The molecule has 1 atom stereocenters. The summed E-state index contributed by atoms with van der Waals surface area (Å²) in [4.78, 5) is 19.2. The maximum atomic E-state index is 15.4. The number of aliphatic hydroxyl groups excluding tert-OH is 1. The largest absolute Gasteiger partial charge is 0.394 e. The Morgan fingerprint density at radius 3 is 2.62 bits per heavy atom. The van der Waals surface area contributed by atoms with Crippen LogP contribution in [-0.2, 0) is 17.0 Å². The first-order valence-electron chi connectivity index (χ1n) is 9.89. The lowest BCUT2D eigenvalue weighted by Gasteiger charge is -2.39. The van der Waals surface area contributed by atoms with Gasteiger partial charge in [0.2, 0.25) is 0 Å². The van der Waals surface area contributed by atoms with Gasteiger partial charge in [-0.1, -0.05) is 23.7 Å². The average Bonchev–Trinajstić information content (AvgIpc) is 3.02. The molecule has 0 aliphatic carbocycles. The number of amides is 1. The third-order valence-electron chi connectivity index (χ3n) is 5.34. The number of aliphatic hydroxyl groups is 1. The van der Waals surface area contributed by atoms with Crippen molar-refractivity contribution in [3.05, 3.63) is 99.1 Å². The van der Waals surface area contributed by atoms with Crippen molar-refractivity contribution in [3.8, 4) is 6.07 Å². The van der Waals surface area contributed by atoms with Crippen LogP contribution in [0.5, 0.6) is 0 Å². The maximum Gasteiger partial charge on any atom is 0.257 e. The number of carbonyl (C=O) groups excluding carboxylic acids is 1. The topological polar surface area (TPSA) is 86.5 Å². The van der Waals surface area contributed by atoms with Crippen LogP contribution < -0.4 is 0 Å². The van der Waals surface area contributed by atoms with Gasteiger partial charge in [-0.2, -0.15) is 5.26 Å². The summed E-state index contributed by atoms with van der Waals surface area (Å²) in [6.45, 7) is 1.24. The molecule has 2 heterocycles. The van der Waals surface area contributed by atoms with Gasteiger partial charge in [0.25, 0.3) is 5.91 Å². The summed E-state index contributed by atoms with van der Waals surface area (Å²) >= 11 is 6.07. The van der Waals surface area contributed by atoms with E-state index < -0.39 is 17.4 Å². The van der Waals surface area contributed by atoms with Crippen LogP contribution in [-0.4, -0.2) is 34.1 Å². The monoisotopic (exact) mass is 451 g/mol. The lowest BCUT2D eigenvalue weighted by Crippen LogP contribution is -2.47. The lowest BCUT2D eigenvalue weighted by molar-refractivity contribution is -0.120. The Labute approximate surface area is 189 Å². The molecule has 1 aliphatic heterocycles. The number of nitrogens with zero attached hydrogens (tertiary/aromatic N) is 3. The molecule has 32 heavy (non-hydrogen) atoms. The number of rotatable bonds is 6. The predicted octanol–water partition coefficient (Wildman–Crippen LogP) is 3.92. The zero-order chi connectivity index (χ0) is 22.9. The Morgan fingerprint density at radius 2 is 2.00 bits per heavy atom. The van der Waals surface area contributed by atoms with Crippen molar-refractivity contribution in [2.75, 3.05) is 13.2 Å². The fraction of sp³-hybridized carbons (Fsp3) is 0.208. The molecule has 0 saturated heterocycles. The number of nitriles is 1. The normalized spacial score (nSPS) is 17.3. The highest BCUT2D eigenvalue weighted by Gasteiger charge is 2.54. The van der Waals surface area contributed by atoms with Gasteiger partial charge in [0.05, 0.1) is 42.1 Å². The van der Waals surface area contributed by atoms with Crippen LogP contribution in [0.2, 0.25) is 5.02 Å². The standard InChI is InChI=1S/C24H19ClFN3O3/c1-15-10-20-22(21(26)11-15)24(32-9-8-30,17-3-5-18(25)6-4-17)29(23(20)31)14-19-7-2-16(12-27)13-28-19/h2-7,10-11,13,30H,8-9,14H2,1H3/t24-/m1/s1. The fourth-order valence-electron chi connectivity index (χ4n) is 4.01. The van der Waals surface area contributed by atoms with Gasteiger partial charge in [0, 0.05) is 16.8 Å². The number of pyridine rings is 1. The van der Waals surface area contributed by atoms with Crippen molar-refractivity contribution in [1.29, 1.82) is 5.26 Å². The summed E-state index contributed by atoms with van der Waals surface area (Å²) in [6.07, 6.45) is 1.41. The number of halogens is 2. The highest BCUT2D eigenvalue weighted by molar-refractivity contribution is 6.30. The van der Waals surface area contributed by atoms with Crippen molar-refractivity contribution < 1.29 is 19.0 Å². The minimum atomic E-state index is -1.63. The van der Waals surface area contributed by atoms with Gasteiger partial charge in [-0.25, -0.2) is 4.39 Å². The number of ether oxygens (including phenoxy) is 1. The average molecular weight is 452 g/mol. The molecule has 2 aromatic carbocycles. The second-order valence-electron chi connectivity index (χ2n) is 7.43. The molecule has 1 aromatic heterocycles. The zero-order valence-corrected chi connectivity index (χ0v) is 17.9. The van der Waals surface area contributed by atoms with Crippen molar-refractivity contribution in [2.24, 2.45) is 0 Å². The highest BCUT2D eigenvalue weighted by Crippen LogP contribution is 2.47. The molecule has 0 spiro atoms. The Balaban J connectivity index is 1.94. The number of hydrogen-bond donors (Lipinski definition) is 1. The van der Waals surface area contributed by atoms with Crippen LogP contribution in [0.3, 0.4) is 0 Å². The second kappa shape index (κ2) is 8.67. The number of benzene rings is 2. The Hall–Kier alpha value is -3.31. The van der Waals surface area contributed by atoms with Crippen LogP contribution >= 0.6 is 11.6 Å². The van der Waals surface area contributed by atoms with Crippen molar-refractivity contribution in [2.45, 2.75) is 19.2 Å². The SMILES string of the molecule is Cc1cc(F)c2c(c1)C(=O)N(Cc1ccc(C#N)cn1)[C@@]2(OCCO)c1ccc(Cl)cc1. The second-order valence-corrected chi connectivity index (χ2v) is 7.87. The maximum absolute atomic E-state index is 15.4. The Bertz CT molecular complexity index is 1210. The van der Waals surface area contributed by atoms with E-state index in [4.69, 9.17) is 21.6 Å². The summed E-state index contributed by atoms with van der Waals surface area (Å²) in [5, 5.41) is 19.0. The minimum absolute atomic E-state index is 0.00817. The molecule has 1 N–H and O–H groups in total. The summed E-state index contributed by atoms with van der Waals surface area (Å²) < 4.78 is 21.5. The van der Waals surface area contributed by atoms with Gasteiger partial charge < -0.3 is 9.84 Å². The molecule has 3 aromatic rings. The van der Waals surface area contributed by atoms with E-state index in [1.54, 1.807) is 49.4 Å². The van der Waals surface area contributed by atoms with E-state index in [0.29, 0.717) is 27.4 Å². The number of carbonyl (C=O) groups is 1. The van der Waals surface area contributed by atoms with Gasteiger partial charge in [-0.3, -0.25) is 14.7 Å². The Morgan fingerprint density at radius 1 is 1.25 bits per heavy atom. The van der Waals surface area contributed by atoms with E-state index in [2.05, 4.69) is 4.98 Å². The van der Waals surface area contributed by atoms with Gasteiger partial charge >= 0.3 is 0 Å². The van der Waals surface area contributed by atoms with Crippen molar-refractivity contribution >= 4 is 17.5 Å². The summed E-state index contributed by atoms with van der Waals surface area (Å²) in [7, 11) is 0. The van der Waals surface area contributed by atoms with E-state index in [1.807, 2.05) is 6.07 Å². The fourth-order valence-corrected chi connectivity index (χ4v) is 4.14. The van der Waals surface area contributed by atoms with Gasteiger partial charge in [0.1, 0.15) is 11.9 Å². The van der Waals surface area contributed by atoms with Gasteiger partial charge in [-0.05, 0) is 48.9 Å². The number of hydrogen-bond acceptors (Lipinski definition) is 5. The van der Waals surface area contributed by atoms with Crippen molar-refractivity contribution in [1.82, 2.24) is 9.88 Å². The molecule has 6 nitrogen and oxygen atoms in total. The summed E-state index contributed by atoms with van der Waals surface area (Å²) in [5.74, 6) is -1.02. The number of aryl methyl sites for hydroxylation is 1. The molecule has 0 saturated carbocycles. The first kappa shape index (κ1) is 21.9. The molecular weight excluding hydrogens is 433 g/mol. The Kier molecular flexibility index (Phi) is 5.94. The van der Waals surface area contributed by atoms with E-state index >= 15 is 4.39 Å². The predicted molar refractivity (Wildman–Crippen MR) is 115 cm³/mol. The van der Waals surface area contributed by atoms with Crippen LogP contribution in [0.15, 0.2) is 54.7 Å². The minimum Gasteiger partial charge on any atom is -0.394 e. The van der Waals surface area contributed by atoms with Gasteiger partial charge in [-0.15, -0.1) is 0 Å². The molecule has 0 fully saturated rings. The first-order chi connectivity index (χ1) is 15.4. The number of fused-ring (bicyclic) bond motifs is 1. The molecule has 4 rings (SSSR count). The molecule has 1 amide bonds. The van der Waals surface area contributed by atoms with Crippen LogP contribution in [0, 0.1) is 24.1 Å². The van der Waals surface area contributed by atoms with Gasteiger partial charge in [0.15, 0.2) is 5.72 Å². The smallest absolute Gasteiger partial charge is 0.257 e. The van der Waals surface area contributed by atoms with E-state index in [9.17, 15) is 9.90 Å². The third-order valence-corrected chi connectivity index (χ3v) is 5.59. The van der Waals surface area contributed by atoms with Crippen LogP contribution in [0.25, 0.3) is 0 Å². The zero-order valence-electron chi connectivity index (χ0n) is 17.2. The lowest BCUT2D eigenvalue weighted by atomic mass is 9.91. The molecule has 162 valence electrons. The highest BCUT2D eigenvalue weighted by atomic mass is 35.5. The van der Waals surface area contributed by atoms with Crippen LogP contribution in [0.1, 0.15) is 38.3 Å². The molecular formula is C24H19ClFN3O3. The molecule has 0 bridgehead atoms. The van der Waals surface area contributed by atoms with Crippen molar-refractivity contribution in [3.63, 3.8) is 0 Å². The summed E-state index contributed by atoms with van der Waals surface area (Å²) in [5.41, 5.74) is 0.591. The van der Waals surface area contributed by atoms with E-state index in [1.165, 1.54) is 17.2 Å². The summed E-state index contributed by atoms with van der Waals surface area (Å²) in [6, 6.07) is 14.8. The van der Waals surface area contributed by atoms with E-state index in [-0.39, 0.29) is 30.9 Å². The molecule has 0 unspecified atom stereocenters. The van der Waals surface area contributed by atoms with E-state index in [0.717, 1.165) is 0 Å². The number of aromatic nitrogens is 1. The quantitative estimate of drug-likeness (QED) is 0.613. The first-order valence-corrected chi connectivity index (χ1v) is 10.3.